The fourth-order valence-electron chi connectivity index (χ4n) is 5.35. The van der Waals surface area contributed by atoms with E-state index in [1.165, 1.54) is 0 Å². The maximum Gasteiger partial charge on any atom is 0.241 e. The molecule has 0 saturated carbocycles. The van der Waals surface area contributed by atoms with Gasteiger partial charge in [-0.15, -0.1) is 0 Å². The smallest absolute Gasteiger partial charge is 0.241 e. The predicted molar refractivity (Wildman–Crippen MR) is 127 cm³/mol. The zero-order chi connectivity index (χ0) is 23.8. The third-order valence-electron chi connectivity index (χ3n) is 6.82. The van der Waals surface area contributed by atoms with Crippen molar-refractivity contribution in [1.29, 1.82) is 0 Å². The molecule has 3 aromatic rings. The van der Waals surface area contributed by atoms with E-state index in [9.17, 15) is 19.2 Å². The minimum atomic E-state index is -2.10. The Morgan fingerprint density at radius 2 is 1.38 bits per heavy atom. The molecule has 0 bridgehead atoms. The summed E-state index contributed by atoms with van der Waals surface area (Å²) < 4.78 is 6.93. The summed E-state index contributed by atoms with van der Waals surface area (Å²) in [5, 5.41) is 0.450. The van der Waals surface area contributed by atoms with Gasteiger partial charge in [0.25, 0.3) is 0 Å². The maximum absolute atomic E-state index is 13.8. The van der Waals surface area contributed by atoms with Crippen LogP contribution in [-0.2, 0) is 14.3 Å². The van der Waals surface area contributed by atoms with Crippen LogP contribution in [0.15, 0.2) is 77.3 Å². The number of imide groups is 1. The van der Waals surface area contributed by atoms with Gasteiger partial charge in [-0.05, 0) is 35.9 Å². The van der Waals surface area contributed by atoms with Crippen LogP contribution in [0.25, 0.3) is 0 Å². The number of anilines is 1. The highest BCUT2D eigenvalue weighted by Gasteiger charge is 2.74. The lowest BCUT2D eigenvalue weighted by Gasteiger charge is -2.27. The van der Waals surface area contributed by atoms with Crippen molar-refractivity contribution >= 4 is 56.6 Å². The third kappa shape index (κ3) is 2.66. The van der Waals surface area contributed by atoms with Crippen LogP contribution in [0.4, 0.5) is 5.69 Å². The molecular weight excluding hydrogens is 522 g/mol. The van der Waals surface area contributed by atoms with Crippen molar-refractivity contribution in [2.45, 2.75) is 11.7 Å². The second-order valence-electron chi connectivity index (χ2n) is 8.49. The van der Waals surface area contributed by atoms with Crippen LogP contribution < -0.4 is 4.90 Å². The molecule has 2 aliphatic heterocycles. The largest absolute Gasteiger partial charge is 0.349 e. The Morgan fingerprint density at radius 3 is 2.00 bits per heavy atom. The minimum Gasteiger partial charge on any atom is -0.349 e. The van der Waals surface area contributed by atoms with Gasteiger partial charge in [-0.2, -0.15) is 0 Å². The Kier molecular flexibility index (Phi) is 4.68. The number of hydrogen-bond donors (Lipinski definition) is 0. The van der Waals surface area contributed by atoms with E-state index in [-0.39, 0.29) is 11.1 Å². The van der Waals surface area contributed by atoms with Gasteiger partial charge in [0, 0.05) is 20.6 Å². The van der Waals surface area contributed by atoms with Crippen LogP contribution in [0.5, 0.6) is 0 Å². The number of ether oxygens (including phenoxy) is 1. The summed E-state index contributed by atoms with van der Waals surface area (Å²) in [5.74, 6) is -4.68. The molecule has 2 fully saturated rings. The van der Waals surface area contributed by atoms with Crippen molar-refractivity contribution in [2.75, 3.05) is 4.90 Å². The van der Waals surface area contributed by atoms with Crippen molar-refractivity contribution in [3.05, 3.63) is 99.0 Å². The fraction of sp³-hybridized carbons (Fsp3) is 0.154. The molecule has 0 aromatic heterocycles. The average molecular weight is 537 g/mol. The van der Waals surface area contributed by atoms with E-state index in [0.29, 0.717) is 20.7 Å². The quantitative estimate of drug-likeness (QED) is 0.347. The SMILES string of the molecule is O=C1C2C(c3ccccc3Br)OC3(C(=O)c4ccccc4C3=O)C2C(=O)N1c1ccc(Cl)cc1. The zero-order valence-corrected chi connectivity index (χ0v) is 19.7. The number of halogens is 2. The summed E-state index contributed by atoms with van der Waals surface area (Å²) in [6.07, 6.45) is -0.975. The zero-order valence-electron chi connectivity index (χ0n) is 17.4. The number of hydrogen-bond acceptors (Lipinski definition) is 5. The molecule has 3 atom stereocenters. The molecule has 2 saturated heterocycles. The van der Waals surface area contributed by atoms with Crippen molar-refractivity contribution in [2.24, 2.45) is 11.8 Å². The molecule has 3 aromatic carbocycles. The average Bonchev–Trinajstić information content (AvgIpc) is 3.40. The van der Waals surface area contributed by atoms with E-state index in [4.69, 9.17) is 16.3 Å². The number of amides is 2. The predicted octanol–water partition coefficient (Wildman–Crippen LogP) is 4.80. The number of carbonyl (C=O) groups excluding carboxylic acids is 4. The first-order valence-electron chi connectivity index (χ1n) is 10.6. The van der Waals surface area contributed by atoms with Gasteiger partial charge in [0.05, 0.1) is 23.6 Å². The molecule has 3 aliphatic rings. The van der Waals surface area contributed by atoms with Crippen molar-refractivity contribution < 1.29 is 23.9 Å². The molecule has 2 amide bonds. The molecule has 6 rings (SSSR count). The Balaban J connectivity index is 1.56. The van der Waals surface area contributed by atoms with Gasteiger partial charge in [0.15, 0.2) is 0 Å². The molecule has 0 radical (unpaired) electrons. The molecule has 34 heavy (non-hydrogen) atoms. The van der Waals surface area contributed by atoms with Gasteiger partial charge in [0.1, 0.15) is 0 Å². The lowest BCUT2D eigenvalue weighted by atomic mass is 9.77. The highest BCUT2D eigenvalue weighted by atomic mass is 79.9. The first kappa shape index (κ1) is 21.4. The number of Topliss-reactive ketones (excluding diaryl/α,β-unsaturated/α-hetero) is 2. The molecule has 1 spiro atoms. The lowest BCUT2D eigenvalue weighted by molar-refractivity contribution is -0.127. The van der Waals surface area contributed by atoms with E-state index < -0.39 is 46.9 Å². The van der Waals surface area contributed by atoms with E-state index >= 15 is 0 Å². The summed E-state index contributed by atoms with van der Waals surface area (Å²) in [4.78, 5) is 56.1. The van der Waals surface area contributed by atoms with Crippen LogP contribution >= 0.6 is 27.5 Å². The van der Waals surface area contributed by atoms with Crippen molar-refractivity contribution in [3.63, 3.8) is 0 Å². The number of benzene rings is 3. The summed E-state index contributed by atoms with van der Waals surface area (Å²) in [6, 6.07) is 19.8. The molecule has 168 valence electrons. The van der Waals surface area contributed by atoms with Crippen LogP contribution in [0.1, 0.15) is 32.4 Å². The molecule has 0 N–H and O–H groups in total. The van der Waals surface area contributed by atoms with Gasteiger partial charge in [0.2, 0.25) is 29.0 Å². The van der Waals surface area contributed by atoms with E-state index in [0.717, 1.165) is 4.90 Å². The van der Waals surface area contributed by atoms with Crippen LogP contribution in [-0.4, -0.2) is 29.0 Å². The molecule has 3 unspecified atom stereocenters. The molecular formula is C26H15BrClNO5. The lowest BCUT2D eigenvalue weighted by Crippen LogP contribution is -2.51. The van der Waals surface area contributed by atoms with Crippen molar-refractivity contribution in [3.8, 4) is 0 Å². The topological polar surface area (TPSA) is 80.8 Å². The number of rotatable bonds is 2. The Bertz CT molecular complexity index is 1380. The standard InChI is InChI=1S/C26H15BrClNO5/c27-18-8-4-3-7-17(18)21-19-20(25(33)29(24(19)32)14-11-9-13(28)10-12-14)26(34-21)22(30)15-5-1-2-6-16(15)23(26)31/h1-12,19-21H. The fourth-order valence-corrected chi connectivity index (χ4v) is 5.99. The summed E-state index contributed by atoms with van der Waals surface area (Å²) in [7, 11) is 0. The second kappa shape index (κ2) is 7.43. The van der Waals surface area contributed by atoms with Crippen LogP contribution in [0, 0.1) is 11.8 Å². The van der Waals surface area contributed by atoms with Gasteiger partial charge in [-0.3, -0.25) is 19.2 Å². The normalized spacial score (nSPS) is 24.8. The molecule has 8 heteroatoms. The number of ketones is 2. The first-order chi connectivity index (χ1) is 16.4. The first-order valence-corrected chi connectivity index (χ1v) is 11.8. The Morgan fingerprint density at radius 1 is 0.794 bits per heavy atom. The van der Waals surface area contributed by atoms with Crippen LogP contribution in [0.2, 0.25) is 5.02 Å². The van der Waals surface area contributed by atoms with Crippen molar-refractivity contribution in [1.82, 2.24) is 0 Å². The summed E-state index contributed by atoms with van der Waals surface area (Å²) in [5.41, 5.74) is -0.786. The monoisotopic (exact) mass is 535 g/mol. The highest BCUT2D eigenvalue weighted by molar-refractivity contribution is 9.10. The van der Waals surface area contributed by atoms with Gasteiger partial charge in [-0.1, -0.05) is 70.0 Å². The van der Waals surface area contributed by atoms with Crippen LogP contribution in [0.3, 0.4) is 0 Å². The molecule has 1 aliphatic carbocycles. The summed E-state index contributed by atoms with van der Waals surface area (Å²) >= 11 is 9.48. The third-order valence-corrected chi connectivity index (χ3v) is 7.79. The van der Waals surface area contributed by atoms with E-state index in [1.807, 2.05) is 0 Å². The van der Waals surface area contributed by atoms with E-state index in [2.05, 4.69) is 15.9 Å². The maximum atomic E-state index is 13.8. The van der Waals surface area contributed by atoms with Gasteiger partial charge >= 0.3 is 0 Å². The second-order valence-corrected chi connectivity index (χ2v) is 9.78. The Labute approximate surface area is 207 Å². The number of fused-ring (bicyclic) bond motifs is 3. The number of nitrogens with zero attached hydrogens (tertiary/aromatic N) is 1. The molecule has 2 heterocycles. The summed E-state index contributed by atoms with van der Waals surface area (Å²) in [6.45, 7) is 0. The van der Waals surface area contributed by atoms with E-state index in [1.54, 1.807) is 72.8 Å². The van der Waals surface area contributed by atoms with Gasteiger partial charge in [-0.25, -0.2) is 4.90 Å². The highest BCUT2D eigenvalue weighted by Crippen LogP contribution is 2.58. The number of carbonyl (C=O) groups is 4. The molecule has 6 nitrogen and oxygen atoms in total. The van der Waals surface area contributed by atoms with Gasteiger partial charge < -0.3 is 4.74 Å². The minimum absolute atomic E-state index is 0.198. The Hall–Kier alpha value is -3.13.